The summed E-state index contributed by atoms with van der Waals surface area (Å²) in [6.45, 7) is 0. The molecule has 2 N–H and O–H groups in total. The number of carbonyl (C=O) groups excluding carboxylic acids is 2. The van der Waals surface area contributed by atoms with Crippen LogP contribution in [0.2, 0.25) is 0 Å². The quantitative estimate of drug-likeness (QED) is 0.560. The van der Waals surface area contributed by atoms with E-state index >= 15 is 0 Å². The number of ether oxygens (including phenoxy) is 1. The Hall–Kier alpha value is -1.74. The van der Waals surface area contributed by atoms with Crippen molar-refractivity contribution in [3.63, 3.8) is 0 Å². The number of hydrogen-bond donors (Lipinski definition) is 2. The molecule has 0 saturated heterocycles. The van der Waals surface area contributed by atoms with Crippen LogP contribution < -0.4 is 15.4 Å². The van der Waals surface area contributed by atoms with Crippen LogP contribution in [0.4, 0.5) is 5.69 Å². The van der Waals surface area contributed by atoms with Gasteiger partial charge in [0, 0.05) is 9.26 Å². The zero-order chi connectivity index (χ0) is 18.9. The second-order valence-corrected chi connectivity index (χ2v) is 7.74. The predicted octanol–water partition coefficient (Wildman–Crippen LogP) is 3.79. The first-order chi connectivity index (χ1) is 12.5. The third kappa shape index (κ3) is 5.91. The molecule has 0 radical (unpaired) electrons. The molecule has 0 bridgehead atoms. The third-order valence-electron chi connectivity index (χ3n) is 3.70. The van der Waals surface area contributed by atoms with Gasteiger partial charge < -0.3 is 15.4 Å². The van der Waals surface area contributed by atoms with Crippen LogP contribution in [0.15, 0.2) is 48.5 Å². The molecule has 0 aliphatic heterocycles. The van der Waals surface area contributed by atoms with Gasteiger partial charge in [-0.15, -0.1) is 0 Å². The summed E-state index contributed by atoms with van der Waals surface area (Å²) in [7, 11) is 1.51. The van der Waals surface area contributed by atoms with Gasteiger partial charge in [0.05, 0.1) is 12.7 Å². The van der Waals surface area contributed by atoms with Gasteiger partial charge in [0.2, 0.25) is 5.91 Å². The Kier molecular flexibility index (Phi) is 8.24. The normalized spacial score (nSPS) is 11.5. The predicted molar refractivity (Wildman–Crippen MR) is 115 cm³/mol. The fourth-order valence-corrected chi connectivity index (χ4v) is 3.17. The van der Waals surface area contributed by atoms with Crippen LogP contribution in [0, 0.1) is 3.57 Å². The molecule has 2 rings (SSSR count). The number of anilines is 1. The molecule has 0 fully saturated rings. The second kappa shape index (κ2) is 10.4. The lowest BCUT2D eigenvalue weighted by Gasteiger charge is -2.19. The summed E-state index contributed by atoms with van der Waals surface area (Å²) in [6.07, 6.45) is 2.51. The first-order valence-electron chi connectivity index (χ1n) is 8.04. The minimum Gasteiger partial charge on any atom is -0.496 e. The van der Waals surface area contributed by atoms with Gasteiger partial charge in [-0.05, 0) is 77.4 Å². The third-order valence-corrected chi connectivity index (χ3v) is 5.06. The summed E-state index contributed by atoms with van der Waals surface area (Å²) in [5.41, 5.74) is 1.11. The number of carbonyl (C=O) groups is 2. The highest BCUT2D eigenvalue weighted by molar-refractivity contribution is 14.1. The van der Waals surface area contributed by atoms with Crippen molar-refractivity contribution in [2.75, 3.05) is 24.4 Å². The number of halogens is 1. The van der Waals surface area contributed by atoms with E-state index in [-0.39, 0.29) is 11.8 Å². The Morgan fingerprint density at radius 2 is 1.85 bits per heavy atom. The summed E-state index contributed by atoms with van der Waals surface area (Å²) >= 11 is 3.84. The largest absolute Gasteiger partial charge is 0.496 e. The van der Waals surface area contributed by atoms with Crippen molar-refractivity contribution in [1.82, 2.24) is 5.32 Å². The highest BCUT2D eigenvalue weighted by Crippen LogP contribution is 2.18. The number of nitrogens with one attached hydrogen (secondary N) is 2. The lowest BCUT2D eigenvalue weighted by molar-refractivity contribution is -0.118. The molecular weight excluding hydrogens is 463 g/mol. The van der Waals surface area contributed by atoms with Gasteiger partial charge in [-0.2, -0.15) is 11.8 Å². The molecule has 1 unspecified atom stereocenters. The van der Waals surface area contributed by atoms with Crippen LogP contribution in [0.25, 0.3) is 0 Å². The maximum absolute atomic E-state index is 12.7. The average Bonchev–Trinajstić information content (AvgIpc) is 2.66. The van der Waals surface area contributed by atoms with Crippen molar-refractivity contribution in [2.45, 2.75) is 12.5 Å². The highest BCUT2D eigenvalue weighted by atomic mass is 127. The van der Waals surface area contributed by atoms with Crippen LogP contribution in [0.1, 0.15) is 16.8 Å². The monoisotopic (exact) mass is 484 g/mol. The molecule has 0 aliphatic carbocycles. The van der Waals surface area contributed by atoms with Crippen LogP contribution in [-0.2, 0) is 4.79 Å². The molecule has 2 aromatic rings. The molecule has 26 heavy (non-hydrogen) atoms. The molecule has 2 aromatic carbocycles. The van der Waals surface area contributed by atoms with Crippen LogP contribution in [0.5, 0.6) is 5.75 Å². The standard InChI is InChI=1S/C19H21IN2O3S/c1-25-17-6-4-3-5-15(17)18(23)22-16(11-12-26-2)19(24)21-14-9-7-13(20)8-10-14/h3-10,16H,11-12H2,1-2H3,(H,21,24)(H,22,23). The maximum Gasteiger partial charge on any atom is 0.255 e. The minimum absolute atomic E-state index is 0.233. The number of para-hydroxylation sites is 1. The molecule has 2 amide bonds. The van der Waals surface area contributed by atoms with Crippen molar-refractivity contribution < 1.29 is 14.3 Å². The molecule has 138 valence electrons. The van der Waals surface area contributed by atoms with Crippen molar-refractivity contribution in [3.8, 4) is 5.75 Å². The minimum atomic E-state index is -0.626. The Labute approximate surface area is 171 Å². The summed E-state index contributed by atoms with van der Waals surface area (Å²) in [5.74, 6) is 0.679. The van der Waals surface area contributed by atoms with E-state index in [2.05, 4.69) is 33.2 Å². The van der Waals surface area contributed by atoms with Gasteiger partial charge in [-0.3, -0.25) is 9.59 Å². The molecule has 0 aromatic heterocycles. The molecule has 0 heterocycles. The van der Waals surface area contributed by atoms with Crippen molar-refractivity contribution in [3.05, 3.63) is 57.7 Å². The fraction of sp³-hybridized carbons (Fsp3) is 0.263. The zero-order valence-electron chi connectivity index (χ0n) is 14.6. The Morgan fingerprint density at radius 3 is 2.50 bits per heavy atom. The van der Waals surface area contributed by atoms with Gasteiger partial charge in [-0.1, -0.05) is 12.1 Å². The number of rotatable bonds is 8. The topological polar surface area (TPSA) is 67.4 Å². The number of hydrogen-bond acceptors (Lipinski definition) is 4. The van der Waals surface area contributed by atoms with Crippen molar-refractivity contribution in [1.29, 1.82) is 0 Å². The van der Waals surface area contributed by atoms with E-state index in [0.717, 1.165) is 9.32 Å². The molecule has 7 heteroatoms. The first kappa shape index (κ1) is 20.6. The summed E-state index contributed by atoms with van der Waals surface area (Å²) < 4.78 is 6.32. The molecule has 0 saturated carbocycles. The van der Waals surface area contributed by atoms with Gasteiger partial charge in [0.1, 0.15) is 11.8 Å². The van der Waals surface area contributed by atoms with Gasteiger partial charge in [0.15, 0.2) is 0 Å². The fourth-order valence-electron chi connectivity index (χ4n) is 2.34. The van der Waals surface area contributed by atoms with E-state index in [4.69, 9.17) is 4.74 Å². The van der Waals surface area contributed by atoms with Crippen molar-refractivity contribution >= 4 is 51.9 Å². The second-order valence-electron chi connectivity index (χ2n) is 5.50. The summed E-state index contributed by atoms with van der Waals surface area (Å²) in [6, 6.07) is 13.8. The molecular formula is C19H21IN2O3S. The molecule has 0 aliphatic rings. The molecule has 1 atom stereocenters. The average molecular weight is 484 g/mol. The van der Waals surface area contributed by atoms with Crippen LogP contribution in [-0.4, -0.2) is 37.0 Å². The van der Waals surface area contributed by atoms with Gasteiger partial charge >= 0.3 is 0 Å². The van der Waals surface area contributed by atoms with E-state index in [1.807, 2.05) is 30.5 Å². The first-order valence-corrected chi connectivity index (χ1v) is 10.5. The summed E-state index contributed by atoms with van der Waals surface area (Å²) in [5, 5.41) is 5.69. The SMILES string of the molecule is COc1ccccc1C(=O)NC(CCSC)C(=O)Nc1ccc(I)cc1. The highest BCUT2D eigenvalue weighted by Gasteiger charge is 2.22. The number of thioether (sulfide) groups is 1. The molecule has 0 spiro atoms. The number of methoxy groups -OCH3 is 1. The lowest BCUT2D eigenvalue weighted by Crippen LogP contribution is -2.44. The van der Waals surface area contributed by atoms with Crippen LogP contribution >= 0.6 is 34.4 Å². The van der Waals surface area contributed by atoms with E-state index < -0.39 is 6.04 Å². The zero-order valence-corrected chi connectivity index (χ0v) is 17.6. The molecule has 5 nitrogen and oxygen atoms in total. The maximum atomic E-state index is 12.7. The van der Waals surface area contributed by atoms with E-state index in [0.29, 0.717) is 23.4 Å². The smallest absolute Gasteiger partial charge is 0.255 e. The Balaban J connectivity index is 2.11. The van der Waals surface area contributed by atoms with Crippen molar-refractivity contribution in [2.24, 2.45) is 0 Å². The lowest BCUT2D eigenvalue weighted by atomic mass is 10.1. The van der Waals surface area contributed by atoms with Gasteiger partial charge in [-0.25, -0.2) is 0 Å². The summed E-state index contributed by atoms with van der Waals surface area (Å²) in [4.78, 5) is 25.3. The Morgan fingerprint density at radius 1 is 1.15 bits per heavy atom. The number of benzene rings is 2. The number of amides is 2. The Bertz CT molecular complexity index is 753. The van der Waals surface area contributed by atoms with Crippen LogP contribution in [0.3, 0.4) is 0 Å². The van der Waals surface area contributed by atoms with Gasteiger partial charge in [0.25, 0.3) is 5.91 Å². The van der Waals surface area contributed by atoms with E-state index in [9.17, 15) is 9.59 Å². The van der Waals surface area contributed by atoms with E-state index in [1.54, 1.807) is 36.0 Å². The van der Waals surface area contributed by atoms with E-state index in [1.165, 1.54) is 7.11 Å².